The van der Waals surface area contributed by atoms with Gasteiger partial charge in [0.1, 0.15) is 16.5 Å². The van der Waals surface area contributed by atoms with Gasteiger partial charge in [0, 0.05) is 21.8 Å². The molecule has 3 aromatic rings. The largest absolute Gasteiger partial charge is 0.492 e. The molecule has 0 amide bonds. The molecule has 6 nitrogen and oxygen atoms in total. The maximum Gasteiger partial charge on any atom is 0.231 e. The SMILES string of the molecule is CC(C)NC(N)c1c(O)nsc1Nc1ccc(Oc2cc(Cl)cc(Cl)c2)cc1. The number of benzene rings is 2. The molecule has 0 aliphatic rings. The van der Waals surface area contributed by atoms with Gasteiger partial charge in [-0.05, 0) is 67.8 Å². The van der Waals surface area contributed by atoms with Gasteiger partial charge < -0.3 is 20.9 Å². The molecule has 148 valence electrons. The van der Waals surface area contributed by atoms with Crippen LogP contribution in [0.5, 0.6) is 17.4 Å². The second-order valence-electron chi connectivity index (χ2n) is 6.40. The fourth-order valence-electron chi connectivity index (χ4n) is 2.56. The van der Waals surface area contributed by atoms with Crippen molar-refractivity contribution in [1.82, 2.24) is 9.69 Å². The van der Waals surface area contributed by atoms with Crippen LogP contribution in [0.4, 0.5) is 10.7 Å². The van der Waals surface area contributed by atoms with E-state index in [0.29, 0.717) is 32.1 Å². The highest BCUT2D eigenvalue weighted by atomic mass is 35.5. The summed E-state index contributed by atoms with van der Waals surface area (Å²) in [5, 5.41) is 18.1. The van der Waals surface area contributed by atoms with E-state index in [1.165, 1.54) is 0 Å². The van der Waals surface area contributed by atoms with Crippen LogP contribution in [0.15, 0.2) is 42.5 Å². The first-order valence-corrected chi connectivity index (χ1v) is 10.1. The van der Waals surface area contributed by atoms with Crippen molar-refractivity contribution >= 4 is 45.4 Å². The molecule has 0 saturated heterocycles. The number of nitrogens with zero attached hydrogens (tertiary/aromatic N) is 1. The Balaban J connectivity index is 1.73. The normalized spacial score (nSPS) is 12.2. The summed E-state index contributed by atoms with van der Waals surface area (Å²) in [6.45, 7) is 3.96. The van der Waals surface area contributed by atoms with Crippen LogP contribution in [0.3, 0.4) is 0 Å². The summed E-state index contributed by atoms with van der Waals surface area (Å²) in [5.74, 6) is 1.11. The second-order valence-corrected chi connectivity index (χ2v) is 8.05. The lowest BCUT2D eigenvalue weighted by atomic mass is 10.2. The summed E-state index contributed by atoms with van der Waals surface area (Å²) in [4.78, 5) is 0. The van der Waals surface area contributed by atoms with Crippen molar-refractivity contribution in [1.29, 1.82) is 0 Å². The highest BCUT2D eigenvalue weighted by molar-refractivity contribution is 7.10. The summed E-state index contributed by atoms with van der Waals surface area (Å²) in [7, 11) is 0. The van der Waals surface area contributed by atoms with Crippen LogP contribution in [0.1, 0.15) is 25.6 Å². The van der Waals surface area contributed by atoms with E-state index in [1.54, 1.807) is 18.2 Å². The van der Waals surface area contributed by atoms with Gasteiger partial charge in [-0.1, -0.05) is 23.2 Å². The second kappa shape index (κ2) is 8.98. The molecule has 1 aromatic heterocycles. The fraction of sp³-hybridized carbons (Fsp3) is 0.211. The number of anilines is 2. The predicted octanol–water partition coefficient (Wildman–Crippen LogP) is 5.65. The number of nitrogens with two attached hydrogens (primary N) is 1. The quantitative estimate of drug-likeness (QED) is 0.356. The molecule has 1 unspecified atom stereocenters. The maximum atomic E-state index is 10.0. The van der Waals surface area contributed by atoms with E-state index >= 15 is 0 Å². The van der Waals surface area contributed by atoms with Crippen LogP contribution in [0.2, 0.25) is 10.0 Å². The molecule has 1 atom stereocenters. The van der Waals surface area contributed by atoms with Crippen LogP contribution in [-0.2, 0) is 0 Å². The lowest BCUT2D eigenvalue weighted by Gasteiger charge is -2.17. The van der Waals surface area contributed by atoms with Crippen LogP contribution < -0.4 is 21.1 Å². The molecule has 2 aromatic carbocycles. The minimum Gasteiger partial charge on any atom is -0.492 e. The summed E-state index contributed by atoms with van der Waals surface area (Å²) >= 11 is 13.1. The summed E-state index contributed by atoms with van der Waals surface area (Å²) in [6, 6.07) is 12.5. The van der Waals surface area contributed by atoms with Crippen molar-refractivity contribution in [2.75, 3.05) is 5.32 Å². The Bertz CT molecular complexity index is 927. The van der Waals surface area contributed by atoms with E-state index in [-0.39, 0.29) is 11.9 Å². The molecule has 3 rings (SSSR count). The molecular weight excluding hydrogens is 419 g/mol. The topological polar surface area (TPSA) is 92.4 Å². The number of halogens is 2. The van der Waals surface area contributed by atoms with Crippen LogP contribution >= 0.6 is 34.7 Å². The van der Waals surface area contributed by atoms with Crippen molar-refractivity contribution in [2.45, 2.75) is 26.1 Å². The number of hydrogen-bond donors (Lipinski definition) is 4. The lowest BCUT2D eigenvalue weighted by Crippen LogP contribution is -2.34. The maximum absolute atomic E-state index is 10.0. The molecule has 0 fully saturated rings. The highest BCUT2D eigenvalue weighted by Crippen LogP contribution is 2.36. The minimum absolute atomic E-state index is 0.0778. The fourth-order valence-corrected chi connectivity index (χ4v) is 3.82. The van der Waals surface area contributed by atoms with Gasteiger partial charge in [-0.2, -0.15) is 4.37 Å². The Morgan fingerprint density at radius 2 is 1.71 bits per heavy atom. The molecular formula is C19H20Cl2N4O2S. The van der Waals surface area contributed by atoms with E-state index in [9.17, 15) is 5.11 Å². The van der Waals surface area contributed by atoms with Crippen molar-refractivity contribution < 1.29 is 9.84 Å². The molecule has 0 aliphatic heterocycles. The molecule has 1 heterocycles. The van der Waals surface area contributed by atoms with Gasteiger partial charge in [0.15, 0.2) is 0 Å². The predicted molar refractivity (Wildman–Crippen MR) is 115 cm³/mol. The Labute approximate surface area is 177 Å². The zero-order chi connectivity index (χ0) is 20.3. The Hall–Kier alpha value is -2.03. The number of ether oxygens (including phenoxy) is 1. The average Bonchev–Trinajstić information content (AvgIpc) is 2.95. The van der Waals surface area contributed by atoms with E-state index in [0.717, 1.165) is 17.2 Å². The zero-order valence-electron chi connectivity index (χ0n) is 15.2. The van der Waals surface area contributed by atoms with Crippen molar-refractivity contribution in [3.8, 4) is 17.4 Å². The Morgan fingerprint density at radius 3 is 2.32 bits per heavy atom. The van der Waals surface area contributed by atoms with Gasteiger partial charge in [-0.25, -0.2) is 0 Å². The van der Waals surface area contributed by atoms with Gasteiger partial charge in [-0.15, -0.1) is 0 Å². The minimum atomic E-state index is -0.531. The lowest BCUT2D eigenvalue weighted by molar-refractivity contribution is 0.426. The Morgan fingerprint density at radius 1 is 1.07 bits per heavy atom. The number of aromatic hydroxyl groups is 1. The standard InChI is InChI=1S/C19H20Cl2N4O2S/c1-10(2)23-17(22)16-18(26)25-28-19(16)24-13-3-5-14(6-4-13)27-15-8-11(20)7-12(21)9-15/h3-10,17,23-24H,22H2,1-2H3,(H,25,26). The Kier molecular flexibility index (Phi) is 6.64. The number of rotatable bonds is 7. The van der Waals surface area contributed by atoms with Gasteiger partial charge in [-0.3, -0.25) is 5.32 Å². The molecule has 9 heteroatoms. The number of aromatic nitrogens is 1. The van der Waals surface area contributed by atoms with Gasteiger partial charge in [0.25, 0.3) is 0 Å². The molecule has 0 saturated carbocycles. The summed E-state index contributed by atoms with van der Waals surface area (Å²) < 4.78 is 9.77. The average molecular weight is 439 g/mol. The van der Waals surface area contributed by atoms with Gasteiger partial charge in [0.2, 0.25) is 5.88 Å². The monoisotopic (exact) mass is 438 g/mol. The first-order chi connectivity index (χ1) is 13.3. The molecule has 0 aliphatic carbocycles. The molecule has 0 bridgehead atoms. The van der Waals surface area contributed by atoms with E-state index < -0.39 is 6.17 Å². The third kappa shape index (κ3) is 5.27. The number of hydrogen-bond acceptors (Lipinski definition) is 7. The smallest absolute Gasteiger partial charge is 0.231 e. The highest BCUT2D eigenvalue weighted by Gasteiger charge is 2.20. The first-order valence-electron chi connectivity index (χ1n) is 8.53. The van der Waals surface area contributed by atoms with Gasteiger partial charge in [0.05, 0.1) is 11.7 Å². The third-order valence-corrected chi connectivity index (χ3v) is 4.92. The van der Waals surface area contributed by atoms with Gasteiger partial charge >= 0.3 is 0 Å². The molecule has 28 heavy (non-hydrogen) atoms. The third-order valence-electron chi connectivity index (χ3n) is 3.72. The molecule has 5 N–H and O–H groups in total. The summed E-state index contributed by atoms with van der Waals surface area (Å²) in [6.07, 6.45) is -0.531. The van der Waals surface area contributed by atoms with E-state index in [1.807, 2.05) is 38.1 Å². The van der Waals surface area contributed by atoms with Crippen molar-refractivity contribution in [3.63, 3.8) is 0 Å². The number of nitrogens with one attached hydrogen (secondary N) is 2. The van der Waals surface area contributed by atoms with E-state index in [4.69, 9.17) is 33.7 Å². The summed E-state index contributed by atoms with van der Waals surface area (Å²) in [5.41, 5.74) is 7.48. The first kappa shape index (κ1) is 20.7. The van der Waals surface area contributed by atoms with E-state index in [2.05, 4.69) is 15.0 Å². The molecule has 0 radical (unpaired) electrons. The van der Waals surface area contributed by atoms with Crippen LogP contribution in [0, 0.1) is 0 Å². The van der Waals surface area contributed by atoms with Crippen LogP contribution in [-0.4, -0.2) is 15.5 Å². The molecule has 0 spiro atoms. The van der Waals surface area contributed by atoms with Crippen molar-refractivity contribution in [3.05, 3.63) is 58.1 Å². The van der Waals surface area contributed by atoms with Crippen molar-refractivity contribution in [2.24, 2.45) is 5.73 Å². The zero-order valence-corrected chi connectivity index (χ0v) is 17.6. The van der Waals surface area contributed by atoms with Crippen LogP contribution in [0.25, 0.3) is 0 Å².